The van der Waals surface area contributed by atoms with Crippen LogP contribution >= 0.6 is 11.3 Å². The molecular weight excluding hydrogens is 250 g/mol. The molecule has 2 atom stereocenters. The van der Waals surface area contributed by atoms with Gasteiger partial charge in [0.1, 0.15) is 11.9 Å². The molecule has 18 heavy (non-hydrogen) atoms. The number of furan rings is 1. The third kappa shape index (κ3) is 3.00. The second-order valence-electron chi connectivity index (χ2n) is 4.01. The van der Waals surface area contributed by atoms with Gasteiger partial charge in [0.05, 0.1) is 18.7 Å². The van der Waals surface area contributed by atoms with Crippen LogP contribution in [0.2, 0.25) is 0 Å². The van der Waals surface area contributed by atoms with E-state index in [-0.39, 0.29) is 18.4 Å². The summed E-state index contributed by atoms with van der Waals surface area (Å²) >= 11 is 1.55. The molecule has 2 rings (SSSR count). The maximum atomic E-state index is 11.9. The molecule has 0 aromatic carbocycles. The van der Waals surface area contributed by atoms with Gasteiger partial charge in [-0.1, -0.05) is 6.07 Å². The van der Waals surface area contributed by atoms with Crippen molar-refractivity contribution in [2.75, 3.05) is 6.54 Å². The Balaban J connectivity index is 1.85. The Kier molecular flexibility index (Phi) is 4.17. The van der Waals surface area contributed by atoms with Crippen molar-refractivity contribution in [2.24, 2.45) is 0 Å². The molecule has 2 heterocycles. The van der Waals surface area contributed by atoms with Crippen LogP contribution in [0, 0.1) is 0 Å². The lowest BCUT2D eigenvalue weighted by atomic mass is 10.1. The molecule has 2 unspecified atom stereocenters. The highest BCUT2D eigenvalue weighted by Gasteiger charge is 2.18. The molecule has 1 amide bonds. The van der Waals surface area contributed by atoms with Gasteiger partial charge in [0, 0.05) is 4.88 Å². The maximum absolute atomic E-state index is 11.9. The normalized spacial score (nSPS) is 14.1. The van der Waals surface area contributed by atoms with Gasteiger partial charge in [0.2, 0.25) is 5.91 Å². The minimum Gasteiger partial charge on any atom is -0.467 e. The summed E-state index contributed by atoms with van der Waals surface area (Å²) in [6, 6.07) is 7.23. The number of amides is 1. The van der Waals surface area contributed by atoms with Gasteiger partial charge in [0.15, 0.2) is 0 Å². The zero-order chi connectivity index (χ0) is 13.0. The molecule has 0 radical (unpaired) electrons. The topological polar surface area (TPSA) is 62.5 Å². The van der Waals surface area contributed by atoms with Gasteiger partial charge in [-0.2, -0.15) is 0 Å². The van der Waals surface area contributed by atoms with Crippen molar-refractivity contribution in [3.8, 4) is 0 Å². The van der Waals surface area contributed by atoms with Crippen molar-refractivity contribution in [1.29, 1.82) is 0 Å². The van der Waals surface area contributed by atoms with Crippen molar-refractivity contribution in [2.45, 2.75) is 18.9 Å². The number of carbonyl (C=O) groups is 1. The highest BCUT2D eigenvalue weighted by atomic mass is 32.1. The highest BCUT2D eigenvalue weighted by Crippen LogP contribution is 2.21. The van der Waals surface area contributed by atoms with E-state index in [4.69, 9.17) is 4.42 Å². The van der Waals surface area contributed by atoms with Crippen LogP contribution in [0.15, 0.2) is 40.3 Å². The van der Waals surface area contributed by atoms with Crippen LogP contribution in [-0.2, 0) is 4.79 Å². The molecule has 0 aliphatic heterocycles. The van der Waals surface area contributed by atoms with Crippen LogP contribution < -0.4 is 5.32 Å². The standard InChI is InChI=1S/C13H15NO3S/c1-9(12-5-3-7-18-12)13(16)14-8-10(15)11-4-2-6-17-11/h2-7,9-10,15H,8H2,1H3,(H,14,16). The first-order valence-corrected chi connectivity index (χ1v) is 6.59. The van der Waals surface area contributed by atoms with Crippen molar-refractivity contribution in [3.05, 3.63) is 46.5 Å². The molecule has 0 fully saturated rings. The summed E-state index contributed by atoms with van der Waals surface area (Å²) < 4.78 is 5.06. The van der Waals surface area contributed by atoms with Gasteiger partial charge < -0.3 is 14.8 Å². The summed E-state index contributed by atoms with van der Waals surface area (Å²) in [5, 5.41) is 14.4. The lowest BCUT2D eigenvalue weighted by Gasteiger charge is -2.13. The van der Waals surface area contributed by atoms with E-state index in [0.29, 0.717) is 5.76 Å². The van der Waals surface area contributed by atoms with Crippen LogP contribution in [0.3, 0.4) is 0 Å². The van der Waals surface area contributed by atoms with E-state index in [2.05, 4.69) is 5.32 Å². The molecule has 5 heteroatoms. The Labute approximate surface area is 109 Å². The first kappa shape index (κ1) is 12.9. The minimum atomic E-state index is -0.806. The molecular formula is C13H15NO3S. The van der Waals surface area contributed by atoms with Crippen molar-refractivity contribution >= 4 is 17.2 Å². The summed E-state index contributed by atoms with van der Waals surface area (Å²) in [5.74, 6) is 0.163. The average Bonchev–Trinajstić information content (AvgIpc) is 3.05. The van der Waals surface area contributed by atoms with Crippen molar-refractivity contribution < 1.29 is 14.3 Å². The second kappa shape index (κ2) is 5.84. The predicted octanol–water partition coefficient (Wildman–Crippen LogP) is 2.29. The third-order valence-corrected chi connectivity index (χ3v) is 3.76. The van der Waals surface area contributed by atoms with Crippen molar-refractivity contribution in [1.82, 2.24) is 5.32 Å². The van der Waals surface area contributed by atoms with Gasteiger partial charge in [-0.05, 0) is 30.5 Å². The summed E-state index contributed by atoms with van der Waals surface area (Å²) in [5.41, 5.74) is 0. The van der Waals surface area contributed by atoms with Crippen molar-refractivity contribution in [3.63, 3.8) is 0 Å². The van der Waals surface area contributed by atoms with Gasteiger partial charge in [0.25, 0.3) is 0 Å². The van der Waals surface area contributed by atoms with Crippen LogP contribution in [0.1, 0.15) is 29.6 Å². The number of aliphatic hydroxyl groups excluding tert-OH is 1. The fourth-order valence-electron chi connectivity index (χ4n) is 1.60. The van der Waals surface area contributed by atoms with Crippen LogP contribution in [0.4, 0.5) is 0 Å². The number of thiophene rings is 1. The molecule has 0 aliphatic carbocycles. The summed E-state index contributed by atoms with van der Waals surface area (Å²) in [6.07, 6.45) is 0.689. The Hall–Kier alpha value is -1.59. The van der Waals surface area contributed by atoms with E-state index in [1.54, 1.807) is 23.5 Å². The molecule has 2 N–H and O–H groups in total. The quantitative estimate of drug-likeness (QED) is 0.872. The van der Waals surface area contributed by atoms with Crippen LogP contribution in [-0.4, -0.2) is 17.6 Å². The summed E-state index contributed by atoms with van der Waals surface area (Å²) in [4.78, 5) is 12.9. The SMILES string of the molecule is CC(C(=O)NCC(O)c1ccco1)c1cccs1. The molecule has 0 saturated heterocycles. The van der Waals surface area contributed by atoms with Gasteiger partial charge in [-0.15, -0.1) is 11.3 Å². The van der Waals surface area contributed by atoms with E-state index in [0.717, 1.165) is 4.88 Å². The molecule has 4 nitrogen and oxygen atoms in total. The summed E-state index contributed by atoms with van der Waals surface area (Å²) in [6.45, 7) is 2.00. The first-order chi connectivity index (χ1) is 8.68. The third-order valence-electron chi connectivity index (χ3n) is 2.70. The second-order valence-corrected chi connectivity index (χ2v) is 4.99. The zero-order valence-electron chi connectivity index (χ0n) is 10.00. The molecule has 0 bridgehead atoms. The van der Waals surface area contributed by atoms with E-state index in [9.17, 15) is 9.90 Å². The monoisotopic (exact) mass is 265 g/mol. The fourth-order valence-corrected chi connectivity index (χ4v) is 2.38. The number of hydrogen-bond donors (Lipinski definition) is 2. The van der Waals surface area contributed by atoms with E-state index >= 15 is 0 Å². The maximum Gasteiger partial charge on any atom is 0.228 e. The lowest BCUT2D eigenvalue weighted by Crippen LogP contribution is -2.31. The Morgan fingerprint density at radius 2 is 2.33 bits per heavy atom. The largest absolute Gasteiger partial charge is 0.467 e. The Bertz CT molecular complexity index is 478. The molecule has 0 spiro atoms. The Morgan fingerprint density at radius 3 is 2.94 bits per heavy atom. The van der Waals surface area contributed by atoms with Gasteiger partial charge in [-0.3, -0.25) is 4.79 Å². The van der Waals surface area contributed by atoms with Gasteiger partial charge in [-0.25, -0.2) is 0 Å². The van der Waals surface area contributed by atoms with E-state index < -0.39 is 6.10 Å². The van der Waals surface area contributed by atoms with E-state index in [1.807, 2.05) is 24.4 Å². The lowest BCUT2D eigenvalue weighted by molar-refractivity contribution is -0.122. The van der Waals surface area contributed by atoms with E-state index in [1.165, 1.54) is 6.26 Å². The number of carbonyl (C=O) groups excluding carboxylic acids is 1. The zero-order valence-corrected chi connectivity index (χ0v) is 10.8. The van der Waals surface area contributed by atoms with Crippen LogP contribution in [0.25, 0.3) is 0 Å². The average molecular weight is 265 g/mol. The number of nitrogens with one attached hydrogen (secondary N) is 1. The fraction of sp³-hybridized carbons (Fsp3) is 0.308. The molecule has 0 saturated carbocycles. The van der Waals surface area contributed by atoms with Gasteiger partial charge >= 0.3 is 0 Å². The molecule has 0 aliphatic rings. The number of aliphatic hydroxyl groups is 1. The molecule has 2 aromatic heterocycles. The highest BCUT2D eigenvalue weighted by molar-refractivity contribution is 7.10. The molecule has 96 valence electrons. The Morgan fingerprint density at radius 1 is 1.50 bits per heavy atom. The first-order valence-electron chi connectivity index (χ1n) is 5.71. The van der Waals surface area contributed by atoms with Crippen LogP contribution in [0.5, 0.6) is 0 Å². The predicted molar refractivity (Wildman–Crippen MR) is 69.4 cm³/mol. The summed E-state index contributed by atoms with van der Waals surface area (Å²) in [7, 11) is 0. The minimum absolute atomic E-state index is 0.0944. The smallest absolute Gasteiger partial charge is 0.228 e. The number of rotatable bonds is 5. The molecule has 2 aromatic rings. The number of hydrogen-bond acceptors (Lipinski definition) is 4.